The third-order valence-electron chi connectivity index (χ3n) is 2.80. The summed E-state index contributed by atoms with van der Waals surface area (Å²) in [6, 6.07) is 0.0356. The number of carboxylic acid groups (broad SMARTS) is 1. The van der Waals surface area contributed by atoms with Crippen molar-refractivity contribution in [2.75, 3.05) is 19.6 Å². The summed E-state index contributed by atoms with van der Waals surface area (Å²) in [6.45, 7) is 6.75. The Labute approximate surface area is 85.3 Å². The molecule has 0 aliphatic carbocycles. The molecular weight excluding hydrogens is 180 g/mol. The molecule has 4 heteroatoms. The van der Waals surface area contributed by atoms with E-state index in [0.29, 0.717) is 6.04 Å². The highest BCUT2D eigenvalue weighted by molar-refractivity contribution is 5.73. The van der Waals surface area contributed by atoms with Crippen LogP contribution in [-0.4, -0.2) is 47.7 Å². The van der Waals surface area contributed by atoms with Crippen molar-refractivity contribution >= 4 is 5.97 Å². The van der Waals surface area contributed by atoms with Crippen LogP contribution in [0.2, 0.25) is 0 Å². The van der Waals surface area contributed by atoms with Crippen molar-refractivity contribution in [2.45, 2.75) is 38.8 Å². The molecule has 2 N–H and O–H groups in total. The molecule has 82 valence electrons. The number of nitrogens with zero attached hydrogens (tertiary/aromatic N) is 1. The van der Waals surface area contributed by atoms with Crippen LogP contribution in [-0.2, 0) is 4.79 Å². The fraction of sp³-hybridized carbons (Fsp3) is 0.900. The molecule has 1 heterocycles. The topological polar surface area (TPSA) is 52.6 Å². The van der Waals surface area contributed by atoms with Gasteiger partial charge in [0, 0.05) is 25.7 Å². The molecule has 0 spiro atoms. The lowest BCUT2D eigenvalue weighted by Gasteiger charge is -2.37. The minimum atomic E-state index is -0.680. The molecular formula is C10H20N2O2. The molecule has 4 nitrogen and oxygen atoms in total. The number of carboxylic acids is 1. The molecule has 1 saturated heterocycles. The summed E-state index contributed by atoms with van der Waals surface area (Å²) in [7, 11) is 0. The Balaban J connectivity index is 2.60. The van der Waals surface area contributed by atoms with Gasteiger partial charge in [0.05, 0.1) is 0 Å². The van der Waals surface area contributed by atoms with Crippen LogP contribution in [0, 0.1) is 0 Å². The number of hydrogen-bond acceptors (Lipinski definition) is 3. The maximum absolute atomic E-state index is 11.1. The van der Waals surface area contributed by atoms with Gasteiger partial charge in [0.25, 0.3) is 0 Å². The lowest BCUT2D eigenvalue weighted by atomic mass is 10.1. The SMILES string of the molecule is CCCC(C(=O)O)N1CCNC[C@H]1C. The lowest BCUT2D eigenvalue weighted by molar-refractivity contribution is -0.144. The Morgan fingerprint density at radius 1 is 1.71 bits per heavy atom. The first-order chi connectivity index (χ1) is 6.66. The number of rotatable bonds is 4. The summed E-state index contributed by atoms with van der Waals surface area (Å²) in [6.07, 6.45) is 1.67. The number of nitrogens with one attached hydrogen (secondary N) is 1. The Kier molecular flexibility index (Phi) is 4.35. The van der Waals surface area contributed by atoms with Gasteiger partial charge in [-0.1, -0.05) is 13.3 Å². The number of aliphatic carboxylic acids is 1. The van der Waals surface area contributed by atoms with Crippen molar-refractivity contribution in [3.05, 3.63) is 0 Å². The fourth-order valence-electron chi connectivity index (χ4n) is 2.02. The van der Waals surface area contributed by atoms with E-state index in [1.807, 2.05) is 6.92 Å². The van der Waals surface area contributed by atoms with E-state index in [1.54, 1.807) is 0 Å². The number of carbonyl (C=O) groups is 1. The fourth-order valence-corrected chi connectivity index (χ4v) is 2.02. The van der Waals surface area contributed by atoms with Gasteiger partial charge >= 0.3 is 5.97 Å². The van der Waals surface area contributed by atoms with Crippen LogP contribution in [0.1, 0.15) is 26.7 Å². The van der Waals surface area contributed by atoms with Crippen LogP contribution in [0.4, 0.5) is 0 Å². The van der Waals surface area contributed by atoms with Gasteiger partial charge in [0.15, 0.2) is 0 Å². The molecule has 1 fully saturated rings. The maximum atomic E-state index is 11.1. The van der Waals surface area contributed by atoms with Crippen LogP contribution in [0.3, 0.4) is 0 Å². The van der Waals surface area contributed by atoms with Gasteiger partial charge in [-0.2, -0.15) is 0 Å². The average molecular weight is 200 g/mol. The third kappa shape index (κ3) is 2.69. The first kappa shape index (κ1) is 11.5. The van der Waals surface area contributed by atoms with E-state index in [9.17, 15) is 4.79 Å². The quantitative estimate of drug-likeness (QED) is 0.695. The van der Waals surface area contributed by atoms with Crippen molar-refractivity contribution in [3.63, 3.8) is 0 Å². The molecule has 2 atom stereocenters. The number of hydrogen-bond donors (Lipinski definition) is 2. The third-order valence-corrected chi connectivity index (χ3v) is 2.80. The van der Waals surface area contributed by atoms with Crippen LogP contribution < -0.4 is 5.32 Å². The van der Waals surface area contributed by atoms with E-state index in [0.717, 1.165) is 32.5 Å². The highest BCUT2D eigenvalue weighted by Gasteiger charge is 2.29. The molecule has 1 aliphatic heterocycles. The first-order valence-corrected chi connectivity index (χ1v) is 5.36. The van der Waals surface area contributed by atoms with Crippen LogP contribution in [0.15, 0.2) is 0 Å². The van der Waals surface area contributed by atoms with E-state index in [1.165, 1.54) is 0 Å². The molecule has 0 saturated carbocycles. The Bertz CT molecular complexity index is 197. The smallest absolute Gasteiger partial charge is 0.320 e. The Morgan fingerprint density at radius 3 is 2.93 bits per heavy atom. The van der Waals surface area contributed by atoms with Gasteiger partial charge in [-0.05, 0) is 13.3 Å². The minimum absolute atomic E-state index is 0.294. The molecule has 14 heavy (non-hydrogen) atoms. The lowest BCUT2D eigenvalue weighted by Crippen LogP contribution is -2.56. The molecule has 0 aromatic carbocycles. The molecule has 0 bridgehead atoms. The maximum Gasteiger partial charge on any atom is 0.320 e. The normalized spacial score (nSPS) is 26.0. The van der Waals surface area contributed by atoms with Crippen molar-refractivity contribution in [2.24, 2.45) is 0 Å². The van der Waals surface area contributed by atoms with Crippen molar-refractivity contribution in [3.8, 4) is 0 Å². The highest BCUT2D eigenvalue weighted by Crippen LogP contribution is 2.13. The molecule has 1 rings (SSSR count). The van der Waals surface area contributed by atoms with E-state index in [-0.39, 0.29) is 6.04 Å². The van der Waals surface area contributed by atoms with Crippen LogP contribution in [0.25, 0.3) is 0 Å². The summed E-state index contributed by atoms with van der Waals surface area (Å²) >= 11 is 0. The predicted molar refractivity (Wildman–Crippen MR) is 55.4 cm³/mol. The summed E-state index contributed by atoms with van der Waals surface area (Å²) in [5.74, 6) is -0.680. The molecule has 0 amide bonds. The summed E-state index contributed by atoms with van der Waals surface area (Å²) in [5.41, 5.74) is 0. The monoisotopic (exact) mass is 200 g/mol. The number of piperazine rings is 1. The van der Waals surface area contributed by atoms with Crippen molar-refractivity contribution < 1.29 is 9.90 Å². The minimum Gasteiger partial charge on any atom is -0.480 e. The molecule has 0 aromatic heterocycles. The molecule has 1 aliphatic rings. The van der Waals surface area contributed by atoms with Gasteiger partial charge < -0.3 is 10.4 Å². The van der Waals surface area contributed by atoms with Gasteiger partial charge in [-0.25, -0.2) is 0 Å². The molecule has 0 radical (unpaired) electrons. The van der Waals surface area contributed by atoms with Gasteiger partial charge in [0.1, 0.15) is 6.04 Å². The molecule has 0 aromatic rings. The van der Waals surface area contributed by atoms with Gasteiger partial charge in [0.2, 0.25) is 0 Å². The zero-order valence-electron chi connectivity index (χ0n) is 8.99. The second kappa shape index (κ2) is 5.32. The summed E-state index contributed by atoms with van der Waals surface area (Å²) in [5, 5.41) is 12.4. The Hall–Kier alpha value is -0.610. The zero-order chi connectivity index (χ0) is 10.6. The molecule has 1 unspecified atom stereocenters. The van der Waals surface area contributed by atoms with Crippen molar-refractivity contribution in [1.29, 1.82) is 0 Å². The zero-order valence-corrected chi connectivity index (χ0v) is 8.99. The summed E-state index contributed by atoms with van der Waals surface area (Å²) < 4.78 is 0. The van der Waals surface area contributed by atoms with Crippen LogP contribution >= 0.6 is 0 Å². The standard InChI is InChI=1S/C10H20N2O2/c1-3-4-9(10(13)14)12-6-5-11-7-8(12)2/h8-9,11H,3-7H2,1-2H3,(H,13,14)/t8-,9?/m1/s1. The first-order valence-electron chi connectivity index (χ1n) is 5.36. The second-order valence-electron chi connectivity index (χ2n) is 3.93. The van der Waals surface area contributed by atoms with E-state index < -0.39 is 5.97 Å². The van der Waals surface area contributed by atoms with Crippen LogP contribution in [0.5, 0.6) is 0 Å². The highest BCUT2D eigenvalue weighted by atomic mass is 16.4. The van der Waals surface area contributed by atoms with Gasteiger partial charge in [-0.15, -0.1) is 0 Å². The summed E-state index contributed by atoms with van der Waals surface area (Å²) in [4.78, 5) is 13.2. The van der Waals surface area contributed by atoms with Gasteiger partial charge in [-0.3, -0.25) is 9.69 Å². The van der Waals surface area contributed by atoms with Crippen molar-refractivity contribution in [1.82, 2.24) is 10.2 Å². The second-order valence-corrected chi connectivity index (χ2v) is 3.93. The average Bonchev–Trinajstić information content (AvgIpc) is 2.15. The predicted octanol–water partition coefficient (Wildman–Crippen LogP) is 0.533. The van der Waals surface area contributed by atoms with E-state index >= 15 is 0 Å². The van der Waals surface area contributed by atoms with E-state index in [2.05, 4.69) is 17.1 Å². The van der Waals surface area contributed by atoms with E-state index in [4.69, 9.17) is 5.11 Å². The largest absolute Gasteiger partial charge is 0.480 e. The Morgan fingerprint density at radius 2 is 2.43 bits per heavy atom.